The van der Waals surface area contributed by atoms with Crippen LogP contribution in [0.15, 0.2) is 6.20 Å². The lowest BCUT2D eigenvalue weighted by molar-refractivity contribution is 0.0702. The Morgan fingerprint density at radius 2 is 2.21 bits per heavy atom. The Hall–Kier alpha value is -1.14. The van der Waals surface area contributed by atoms with Crippen molar-refractivity contribution < 1.29 is 9.90 Å². The van der Waals surface area contributed by atoms with E-state index in [0.29, 0.717) is 11.2 Å². The van der Waals surface area contributed by atoms with E-state index in [2.05, 4.69) is 36.0 Å². The molecule has 0 saturated heterocycles. The van der Waals surface area contributed by atoms with Gasteiger partial charge in [0.15, 0.2) is 5.13 Å². The summed E-state index contributed by atoms with van der Waals surface area (Å²) in [6.07, 6.45) is 3.59. The molecule has 0 aliphatic heterocycles. The molecule has 0 radical (unpaired) electrons. The van der Waals surface area contributed by atoms with Gasteiger partial charge >= 0.3 is 5.97 Å². The summed E-state index contributed by atoms with van der Waals surface area (Å²) >= 11 is 1.19. The molecule has 1 aromatic rings. The first kappa shape index (κ1) is 15.9. The van der Waals surface area contributed by atoms with E-state index in [0.717, 1.165) is 32.5 Å². The van der Waals surface area contributed by atoms with Gasteiger partial charge in [-0.3, -0.25) is 0 Å². The number of thiazole rings is 1. The first-order chi connectivity index (χ1) is 9.06. The highest BCUT2D eigenvalue weighted by Gasteiger charge is 2.10. The van der Waals surface area contributed by atoms with Crippen LogP contribution >= 0.6 is 11.3 Å². The minimum absolute atomic E-state index is 0.276. The van der Waals surface area contributed by atoms with Gasteiger partial charge in [0, 0.05) is 6.04 Å². The summed E-state index contributed by atoms with van der Waals surface area (Å²) in [7, 11) is 0. The number of anilines is 1. The summed E-state index contributed by atoms with van der Waals surface area (Å²) < 4.78 is 0. The predicted molar refractivity (Wildman–Crippen MR) is 79.2 cm³/mol. The number of aromatic nitrogens is 1. The number of rotatable bonds is 9. The molecule has 1 heterocycles. The van der Waals surface area contributed by atoms with Crippen LogP contribution in [0.2, 0.25) is 0 Å². The van der Waals surface area contributed by atoms with Crippen molar-refractivity contribution in [2.75, 3.05) is 25.0 Å². The molecule has 1 unspecified atom stereocenters. The summed E-state index contributed by atoms with van der Waals surface area (Å²) in [6.45, 7) is 9.74. The molecule has 0 bridgehead atoms. The fourth-order valence-corrected chi connectivity index (χ4v) is 2.65. The average Bonchev–Trinajstić information content (AvgIpc) is 2.83. The number of carboxylic acid groups (broad SMARTS) is 1. The number of carbonyl (C=O) groups is 1. The molecular weight excluding hydrogens is 262 g/mol. The molecule has 0 fully saturated rings. The van der Waals surface area contributed by atoms with Crippen molar-refractivity contribution in [2.24, 2.45) is 0 Å². The highest BCUT2D eigenvalue weighted by atomic mass is 32.1. The standard InChI is InChI=1S/C13H23N3O2S/c1-4-16(5-2)8-6-7-10(3)15-13-14-9-11(19-13)12(17)18/h9-10H,4-8H2,1-3H3,(H,14,15)(H,17,18). The molecule has 2 N–H and O–H groups in total. The third kappa shape index (κ3) is 5.57. The number of aromatic carboxylic acids is 1. The van der Waals surface area contributed by atoms with E-state index in [1.165, 1.54) is 17.5 Å². The van der Waals surface area contributed by atoms with Crippen molar-refractivity contribution in [3.8, 4) is 0 Å². The summed E-state index contributed by atoms with van der Waals surface area (Å²) in [4.78, 5) is 17.5. The summed E-state index contributed by atoms with van der Waals surface area (Å²) in [5.74, 6) is -0.917. The molecule has 1 aromatic heterocycles. The molecule has 1 atom stereocenters. The number of carboxylic acids is 1. The van der Waals surface area contributed by atoms with Crippen LogP contribution in [0.3, 0.4) is 0 Å². The fourth-order valence-electron chi connectivity index (χ4n) is 1.88. The van der Waals surface area contributed by atoms with E-state index in [-0.39, 0.29) is 4.88 Å². The van der Waals surface area contributed by atoms with Gasteiger partial charge in [-0.15, -0.1) is 0 Å². The van der Waals surface area contributed by atoms with E-state index in [4.69, 9.17) is 5.11 Å². The monoisotopic (exact) mass is 285 g/mol. The summed E-state index contributed by atoms with van der Waals surface area (Å²) in [5, 5.41) is 12.8. The van der Waals surface area contributed by atoms with Crippen molar-refractivity contribution in [3.05, 3.63) is 11.1 Å². The molecule has 0 aliphatic rings. The largest absolute Gasteiger partial charge is 0.477 e. The van der Waals surface area contributed by atoms with Gasteiger partial charge in [-0.05, 0) is 39.4 Å². The topological polar surface area (TPSA) is 65.5 Å². The zero-order chi connectivity index (χ0) is 14.3. The normalized spacial score (nSPS) is 12.6. The maximum atomic E-state index is 10.8. The number of hydrogen-bond donors (Lipinski definition) is 2. The van der Waals surface area contributed by atoms with Crippen LogP contribution in [0.1, 0.15) is 43.3 Å². The van der Waals surface area contributed by atoms with E-state index < -0.39 is 5.97 Å². The fraction of sp³-hybridized carbons (Fsp3) is 0.692. The van der Waals surface area contributed by atoms with Crippen molar-refractivity contribution >= 4 is 22.4 Å². The van der Waals surface area contributed by atoms with Gasteiger partial charge in [0.25, 0.3) is 0 Å². The van der Waals surface area contributed by atoms with E-state index in [1.807, 2.05) is 0 Å². The second-order valence-corrected chi connectivity index (χ2v) is 5.58. The number of nitrogens with one attached hydrogen (secondary N) is 1. The first-order valence-corrected chi connectivity index (χ1v) is 7.56. The van der Waals surface area contributed by atoms with Gasteiger partial charge in [-0.1, -0.05) is 25.2 Å². The lowest BCUT2D eigenvalue weighted by Crippen LogP contribution is -2.25. The summed E-state index contributed by atoms with van der Waals surface area (Å²) in [5.41, 5.74) is 0. The van der Waals surface area contributed by atoms with Crippen LogP contribution in [0.25, 0.3) is 0 Å². The quantitative estimate of drug-likeness (QED) is 0.730. The Bertz CT molecular complexity index is 391. The van der Waals surface area contributed by atoms with E-state index >= 15 is 0 Å². The van der Waals surface area contributed by atoms with Gasteiger partial charge in [0.2, 0.25) is 0 Å². The lowest BCUT2D eigenvalue weighted by Gasteiger charge is -2.19. The Morgan fingerprint density at radius 1 is 1.53 bits per heavy atom. The molecule has 0 saturated carbocycles. The molecule has 5 nitrogen and oxygen atoms in total. The van der Waals surface area contributed by atoms with Crippen LogP contribution in [-0.2, 0) is 0 Å². The SMILES string of the molecule is CCN(CC)CCCC(C)Nc1ncc(C(=O)O)s1. The third-order valence-electron chi connectivity index (χ3n) is 3.09. The lowest BCUT2D eigenvalue weighted by atomic mass is 10.2. The molecule has 108 valence electrons. The minimum atomic E-state index is -0.917. The van der Waals surface area contributed by atoms with Gasteiger partial charge in [-0.25, -0.2) is 9.78 Å². The number of hydrogen-bond acceptors (Lipinski definition) is 5. The maximum Gasteiger partial charge on any atom is 0.347 e. The van der Waals surface area contributed by atoms with Gasteiger partial charge in [-0.2, -0.15) is 0 Å². The van der Waals surface area contributed by atoms with E-state index in [1.54, 1.807) is 0 Å². The average molecular weight is 285 g/mol. The van der Waals surface area contributed by atoms with Gasteiger partial charge < -0.3 is 15.3 Å². The second-order valence-electron chi connectivity index (χ2n) is 4.55. The Kier molecular flexibility index (Phi) is 6.80. The Labute approximate surface area is 118 Å². The second kappa shape index (κ2) is 8.12. The van der Waals surface area contributed by atoms with Crippen LogP contribution in [-0.4, -0.2) is 46.6 Å². The maximum absolute atomic E-state index is 10.8. The third-order valence-corrected chi connectivity index (χ3v) is 4.01. The highest BCUT2D eigenvalue weighted by molar-refractivity contribution is 7.17. The van der Waals surface area contributed by atoms with Gasteiger partial charge in [0.1, 0.15) is 4.88 Å². The van der Waals surface area contributed by atoms with Crippen LogP contribution in [0.5, 0.6) is 0 Å². The molecule has 0 spiro atoms. The van der Waals surface area contributed by atoms with Crippen LogP contribution in [0.4, 0.5) is 5.13 Å². The van der Waals surface area contributed by atoms with Crippen LogP contribution < -0.4 is 5.32 Å². The summed E-state index contributed by atoms with van der Waals surface area (Å²) in [6, 6.07) is 0.309. The van der Waals surface area contributed by atoms with Crippen molar-refractivity contribution in [2.45, 2.75) is 39.7 Å². The molecule has 6 heteroatoms. The Morgan fingerprint density at radius 3 is 2.74 bits per heavy atom. The zero-order valence-corrected chi connectivity index (χ0v) is 12.7. The molecule has 0 aromatic carbocycles. The van der Waals surface area contributed by atoms with Crippen molar-refractivity contribution in [1.82, 2.24) is 9.88 Å². The van der Waals surface area contributed by atoms with Crippen molar-refractivity contribution in [1.29, 1.82) is 0 Å². The Balaban J connectivity index is 2.30. The smallest absolute Gasteiger partial charge is 0.347 e. The van der Waals surface area contributed by atoms with Crippen molar-refractivity contribution in [3.63, 3.8) is 0 Å². The molecule has 1 rings (SSSR count). The minimum Gasteiger partial charge on any atom is -0.477 e. The molecule has 0 amide bonds. The molecule has 0 aliphatic carbocycles. The predicted octanol–water partition coefficient (Wildman–Crippen LogP) is 2.76. The van der Waals surface area contributed by atoms with E-state index in [9.17, 15) is 4.79 Å². The van der Waals surface area contributed by atoms with Gasteiger partial charge in [0.05, 0.1) is 6.20 Å². The zero-order valence-electron chi connectivity index (χ0n) is 11.8. The first-order valence-electron chi connectivity index (χ1n) is 6.74. The number of nitrogens with zero attached hydrogens (tertiary/aromatic N) is 2. The molecular formula is C13H23N3O2S. The van der Waals surface area contributed by atoms with Crippen LogP contribution in [0, 0.1) is 0 Å². The molecule has 19 heavy (non-hydrogen) atoms. The highest BCUT2D eigenvalue weighted by Crippen LogP contribution is 2.19.